The number of carbonyl (C=O) groups is 1. The summed E-state index contributed by atoms with van der Waals surface area (Å²) in [5.41, 5.74) is 2.02. The van der Waals surface area contributed by atoms with Crippen LogP contribution in [-0.4, -0.2) is 22.4 Å². The number of nitrogens with one attached hydrogen (secondary N) is 2. The highest BCUT2D eigenvalue weighted by molar-refractivity contribution is 5.94. The van der Waals surface area contributed by atoms with Gasteiger partial charge in [0.1, 0.15) is 5.82 Å². The van der Waals surface area contributed by atoms with Crippen LogP contribution in [0.4, 0.5) is 0 Å². The molecule has 0 atom stereocenters. The van der Waals surface area contributed by atoms with E-state index in [0.29, 0.717) is 18.5 Å². The predicted molar refractivity (Wildman–Crippen MR) is 79.8 cm³/mol. The molecule has 2 aromatic rings. The van der Waals surface area contributed by atoms with Crippen LogP contribution in [0, 0.1) is 0 Å². The Kier molecular flexibility index (Phi) is 4.23. The number of hydrogen-bond donors (Lipinski definition) is 2. The van der Waals surface area contributed by atoms with Crippen molar-refractivity contribution in [2.24, 2.45) is 0 Å². The van der Waals surface area contributed by atoms with Gasteiger partial charge in [-0.15, -0.1) is 0 Å². The van der Waals surface area contributed by atoms with Crippen LogP contribution in [-0.2, 0) is 11.8 Å². The summed E-state index contributed by atoms with van der Waals surface area (Å²) >= 11 is 0. The molecule has 0 fully saturated rings. The molecule has 2 rings (SSSR count). The van der Waals surface area contributed by atoms with Gasteiger partial charge in [0.2, 0.25) is 0 Å². The van der Waals surface area contributed by atoms with E-state index in [-0.39, 0.29) is 11.3 Å². The average Bonchev–Trinajstić information content (AvgIpc) is 2.91. The van der Waals surface area contributed by atoms with Crippen LogP contribution in [0.25, 0.3) is 0 Å². The van der Waals surface area contributed by atoms with Gasteiger partial charge in [0.25, 0.3) is 5.91 Å². The molecule has 0 saturated carbocycles. The Hall–Kier alpha value is -2.10. The minimum Gasteiger partial charge on any atom is -0.352 e. The number of rotatable bonds is 4. The second-order valence-electron chi connectivity index (χ2n) is 5.87. The highest BCUT2D eigenvalue weighted by Crippen LogP contribution is 2.22. The predicted octanol–water partition coefficient (Wildman–Crippen LogP) is 2.68. The summed E-state index contributed by atoms with van der Waals surface area (Å²) in [4.78, 5) is 19.1. The number of hydrogen-bond acceptors (Lipinski definition) is 2. The minimum absolute atomic E-state index is 0.0444. The van der Waals surface area contributed by atoms with Crippen LogP contribution in [0.3, 0.4) is 0 Å². The van der Waals surface area contributed by atoms with Crippen molar-refractivity contribution in [3.8, 4) is 0 Å². The molecule has 2 N–H and O–H groups in total. The fourth-order valence-electron chi connectivity index (χ4n) is 1.95. The summed E-state index contributed by atoms with van der Waals surface area (Å²) in [6.07, 6.45) is 4.20. The summed E-state index contributed by atoms with van der Waals surface area (Å²) < 4.78 is 0. The lowest BCUT2D eigenvalue weighted by Gasteiger charge is -2.19. The van der Waals surface area contributed by atoms with Crippen molar-refractivity contribution in [2.75, 3.05) is 6.54 Å². The van der Waals surface area contributed by atoms with Gasteiger partial charge in [0.15, 0.2) is 0 Å². The topological polar surface area (TPSA) is 57.8 Å². The molecule has 4 nitrogen and oxygen atoms in total. The van der Waals surface area contributed by atoms with Crippen molar-refractivity contribution < 1.29 is 4.79 Å². The molecule has 0 aliphatic carbocycles. The lowest BCUT2D eigenvalue weighted by Crippen LogP contribution is -2.26. The number of aromatic nitrogens is 2. The first kappa shape index (κ1) is 14.3. The van der Waals surface area contributed by atoms with Gasteiger partial charge in [-0.25, -0.2) is 4.98 Å². The molecule has 1 heterocycles. The molecule has 0 aliphatic heterocycles. The van der Waals surface area contributed by atoms with Crippen molar-refractivity contribution >= 4 is 5.91 Å². The Morgan fingerprint density at radius 2 is 1.95 bits per heavy atom. The molecule has 0 unspecified atom stereocenters. The summed E-state index contributed by atoms with van der Waals surface area (Å²) in [5.74, 6) is 0.838. The highest BCUT2D eigenvalue weighted by atomic mass is 16.1. The van der Waals surface area contributed by atoms with E-state index in [4.69, 9.17) is 0 Å². The normalized spacial score (nSPS) is 11.3. The number of nitrogens with zero attached hydrogens (tertiary/aromatic N) is 1. The average molecular weight is 271 g/mol. The Morgan fingerprint density at radius 3 is 2.50 bits per heavy atom. The van der Waals surface area contributed by atoms with Gasteiger partial charge in [0.05, 0.1) is 0 Å². The maximum atomic E-state index is 12.0. The molecular weight excluding hydrogens is 250 g/mol. The third kappa shape index (κ3) is 3.70. The third-order valence-electron chi connectivity index (χ3n) is 3.22. The molecule has 106 valence electrons. The highest BCUT2D eigenvalue weighted by Gasteiger charge is 2.14. The molecule has 4 heteroatoms. The second kappa shape index (κ2) is 5.90. The van der Waals surface area contributed by atoms with Gasteiger partial charge in [-0.3, -0.25) is 4.79 Å². The zero-order chi connectivity index (χ0) is 14.6. The number of carbonyl (C=O) groups excluding carboxylic acids is 1. The monoisotopic (exact) mass is 271 g/mol. The molecule has 0 spiro atoms. The van der Waals surface area contributed by atoms with E-state index < -0.39 is 0 Å². The van der Waals surface area contributed by atoms with Crippen LogP contribution >= 0.6 is 0 Å². The molecule has 1 aromatic carbocycles. The largest absolute Gasteiger partial charge is 0.352 e. The van der Waals surface area contributed by atoms with E-state index in [2.05, 4.69) is 36.1 Å². The summed E-state index contributed by atoms with van der Waals surface area (Å²) in [7, 11) is 0. The number of imidazole rings is 1. The van der Waals surface area contributed by atoms with Crippen LogP contribution in [0.1, 0.15) is 42.5 Å². The van der Waals surface area contributed by atoms with E-state index in [0.717, 1.165) is 5.82 Å². The van der Waals surface area contributed by atoms with Gasteiger partial charge >= 0.3 is 0 Å². The zero-order valence-corrected chi connectivity index (χ0v) is 12.2. The van der Waals surface area contributed by atoms with Crippen LogP contribution in [0.15, 0.2) is 36.7 Å². The first-order valence-corrected chi connectivity index (χ1v) is 6.84. The Bertz CT molecular complexity index is 550. The summed E-state index contributed by atoms with van der Waals surface area (Å²) in [5, 5.41) is 2.90. The molecule has 0 radical (unpaired) electrons. The van der Waals surface area contributed by atoms with E-state index in [1.165, 1.54) is 5.56 Å². The maximum Gasteiger partial charge on any atom is 0.251 e. The standard InChI is InChI=1S/C16H21N3O/c1-16(2,3)13-6-4-12(5-7-13)15(20)19-9-8-14-17-10-11-18-14/h4-7,10-11H,8-9H2,1-3H3,(H,17,18)(H,19,20). The lowest BCUT2D eigenvalue weighted by molar-refractivity contribution is 0.0954. The van der Waals surface area contributed by atoms with E-state index in [1.807, 2.05) is 24.3 Å². The van der Waals surface area contributed by atoms with Crippen molar-refractivity contribution in [3.05, 3.63) is 53.6 Å². The molecule has 20 heavy (non-hydrogen) atoms. The fourth-order valence-corrected chi connectivity index (χ4v) is 1.95. The van der Waals surface area contributed by atoms with Crippen molar-refractivity contribution in [1.29, 1.82) is 0 Å². The quantitative estimate of drug-likeness (QED) is 0.898. The van der Waals surface area contributed by atoms with E-state index in [1.54, 1.807) is 12.4 Å². The van der Waals surface area contributed by atoms with Gasteiger partial charge in [-0.2, -0.15) is 0 Å². The van der Waals surface area contributed by atoms with E-state index >= 15 is 0 Å². The van der Waals surface area contributed by atoms with Crippen molar-refractivity contribution in [1.82, 2.24) is 15.3 Å². The van der Waals surface area contributed by atoms with Gasteiger partial charge in [-0.1, -0.05) is 32.9 Å². The van der Waals surface area contributed by atoms with Crippen LogP contribution < -0.4 is 5.32 Å². The number of H-pyrrole nitrogens is 1. The molecule has 0 bridgehead atoms. The van der Waals surface area contributed by atoms with Crippen molar-refractivity contribution in [2.45, 2.75) is 32.6 Å². The SMILES string of the molecule is CC(C)(C)c1ccc(C(=O)NCCc2ncc[nH]2)cc1. The Balaban J connectivity index is 1.89. The first-order chi connectivity index (χ1) is 9.47. The molecule has 1 aromatic heterocycles. The number of amides is 1. The molecule has 0 saturated heterocycles. The lowest BCUT2D eigenvalue weighted by atomic mass is 9.87. The number of benzene rings is 1. The zero-order valence-electron chi connectivity index (χ0n) is 12.2. The fraction of sp³-hybridized carbons (Fsp3) is 0.375. The van der Waals surface area contributed by atoms with Crippen LogP contribution in [0.5, 0.6) is 0 Å². The first-order valence-electron chi connectivity index (χ1n) is 6.84. The molecular formula is C16H21N3O. The Morgan fingerprint density at radius 1 is 1.25 bits per heavy atom. The summed E-state index contributed by atoms with van der Waals surface area (Å²) in [6, 6.07) is 7.79. The Labute approximate surface area is 119 Å². The second-order valence-corrected chi connectivity index (χ2v) is 5.87. The van der Waals surface area contributed by atoms with Crippen LogP contribution in [0.2, 0.25) is 0 Å². The van der Waals surface area contributed by atoms with Gasteiger partial charge in [0, 0.05) is 30.9 Å². The smallest absolute Gasteiger partial charge is 0.251 e. The molecule has 0 aliphatic rings. The van der Waals surface area contributed by atoms with Crippen molar-refractivity contribution in [3.63, 3.8) is 0 Å². The maximum absolute atomic E-state index is 12.0. The third-order valence-corrected chi connectivity index (χ3v) is 3.22. The van der Waals surface area contributed by atoms with Gasteiger partial charge < -0.3 is 10.3 Å². The van der Waals surface area contributed by atoms with Gasteiger partial charge in [-0.05, 0) is 23.1 Å². The summed E-state index contributed by atoms with van der Waals surface area (Å²) in [6.45, 7) is 7.05. The number of aromatic amines is 1. The minimum atomic E-state index is -0.0444. The van der Waals surface area contributed by atoms with E-state index in [9.17, 15) is 4.79 Å². The molecule has 1 amide bonds.